The van der Waals surface area contributed by atoms with E-state index in [0.717, 1.165) is 0 Å². The molecule has 1 fully saturated rings. The van der Waals surface area contributed by atoms with Crippen molar-refractivity contribution < 1.29 is 9.13 Å². The molecule has 2 rings (SSSR count). The number of halogens is 2. The first kappa shape index (κ1) is 12.3. The monoisotopic (exact) mass is 254 g/mol. The maximum atomic E-state index is 13.4. The Bertz CT molecular complexity index is 441. The molecule has 17 heavy (non-hydrogen) atoms. The Balaban J connectivity index is 2.22. The van der Waals surface area contributed by atoms with Crippen molar-refractivity contribution in [3.63, 3.8) is 0 Å². The van der Waals surface area contributed by atoms with Crippen LogP contribution in [-0.2, 0) is 4.74 Å². The van der Waals surface area contributed by atoms with E-state index >= 15 is 0 Å². The average Bonchev–Trinajstić information content (AvgIpc) is 2.36. The molecule has 1 aromatic carbocycles. The highest BCUT2D eigenvalue weighted by Crippen LogP contribution is 2.24. The Kier molecular flexibility index (Phi) is 3.95. The molecule has 90 valence electrons. The molecule has 0 aliphatic carbocycles. The van der Waals surface area contributed by atoms with E-state index in [0.29, 0.717) is 31.9 Å². The van der Waals surface area contributed by atoms with Gasteiger partial charge in [0.25, 0.3) is 0 Å². The predicted octanol–water partition coefficient (Wildman–Crippen LogP) is 2.38. The van der Waals surface area contributed by atoms with Crippen LogP contribution in [0.2, 0.25) is 5.02 Å². The van der Waals surface area contributed by atoms with Crippen LogP contribution in [0.15, 0.2) is 18.2 Å². The van der Waals surface area contributed by atoms with Gasteiger partial charge in [0.1, 0.15) is 11.9 Å². The summed E-state index contributed by atoms with van der Waals surface area (Å²) in [5.74, 6) is -0.488. The van der Waals surface area contributed by atoms with Crippen LogP contribution in [-0.4, -0.2) is 31.2 Å². The maximum absolute atomic E-state index is 13.4. The third kappa shape index (κ3) is 2.75. The minimum absolute atomic E-state index is 0.0763. The lowest BCUT2D eigenvalue weighted by Gasteiger charge is -2.30. The summed E-state index contributed by atoms with van der Waals surface area (Å²) in [4.78, 5) is 1.98. The minimum Gasteiger partial charge on any atom is -0.379 e. The second-order valence-electron chi connectivity index (χ2n) is 3.85. The van der Waals surface area contributed by atoms with Crippen LogP contribution in [0.3, 0.4) is 0 Å². The second-order valence-corrected chi connectivity index (χ2v) is 4.26. The summed E-state index contributed by atoms with van der Waals surface area (Å²) < 4.78 is 18.6. The van der Waals surface area contributed by atoms with Crippen LogP contribution < -0.4 is 0 Å². The molecule has 0 spiro atoms. The van der Waals surface area contributed by atoms with Crippen LogP contribution in [0.5, 0.6) is 0 Å². The normalized spacial score (nSPS) is 18.6. The lowest BCUT2D eigenvalue weighted by molar-refractivity contribution is 0.0266. The molecule has 1 atom stereocenters. The molecule has 1 aliphatic heterocycles. The molecule has 5 heteroatoms. The van der Waals surface area contributed by atoms with Gasteiger partial charge in [-0.3, -0.25) is 4.90 Å². The topological polar surface area (TPSA) is 36.3 Å². The molecule has 1 saturated heterocycles. The highest BCUT2D eigenvalue weighted by molar-refractivity contribution is 6.30. The first-order chi connectivity index (χ1) is 8.22. The van der Waals surface area contributed by atoms with Crippen molar-refractivity contribution in [1.29, 1.82) is 5.26 Å². The number of rotatable bonds is 2. The molecule has 0 radical (unpaired) electrons. The Morgan fingerprint density at radius 3 is 2.71 bits per heavy atom. The van der Waals surface area contributed by atoms with Gasteiger partial charge in [-0.05, 0) is 17.7 Å². The Labute approximate surface area is 104 Å². The highest BCUT2D eigenvalue weighted by atomic mass is 35.5. The molecule has 1 heterocycles. The van der Waals surface area contributed by atoms with Crippen LogP contribution in [0.25, 0.3) is 0 Å². The number of benzene rings is 1. The summed E-state index contributed by atoms with van der Waals surface area (Å²) in [5.41, 5.74) is 0.635. The molecule has 1 unspecified atom stereocenters. The lowest BCUT2D eigenvalue weighted by atomic mass is 10.1. The van der Waals surface area contributed by atoms with Gasteiger partial charge in [-0.25, -0.2) is 4.39 Å². The summed E-state index contributed by atoms with van der Waals surface area (Å²) in [6, 6.07) is 6.25. The fraction of sp³-hybridized carbons (Fsp3) is 0.417. The zero-order valence-electron chi connectivity index (χ0n) is 9.20. The van der Waals surface area contributed by atoms with Gasteiger partial charge < -0.3 is 4.74 Å². The van der Waals surface area contributed by atoms with E-state index in [4.69, 9.17) is 16.3 Å². The fourth-order valence-corrected chi connectivity index (χ4v) is 2.00. The van der Waals surface area contributed by atoms with Crippen molar-refractivity contribution in [1.82, 2.24) is 4.90 Å². The van der Waals surface area contributed by atoms with E-state index in [2.05, 4.69) is 6.07 Å². The zero-order valence-corrected chi connectivity index (χ0v) is 9.95. The van der Waals surface area contributed by atoms with Crippen LogP contribution in [0.1, 0.15) is 11.6 Å². The van der Waals surface area contributed by atoms with Crippen LogP contribution in [0, 0.1) is 17.1 Å². The Hall–Kier alpha value is -1.15. The Morgan fingerprint density at radius 2 is 2.12 bits per heavy atom. The van der Waals surface area contributed by atoms with Gasteiger partial charge in [-0.1, -0.05) is 17.7 Å². The van der Waals surface area contributed by atoms with E-state index in [1.807, 2.05) is 4.90 Å². The number of nitriles is 1. The number of nitrogens with zero attached hydrogens (tertiary/aromatic N) is 2. The van der Waals surface area contributed by atoms with E-state index in [-0.39, 0.29) is 5.02 Å². The van der Waals surface area contributed by atoms with Gasteiger partial charge in [0.2, 0.25) is 0 Å². The van der Waals surface area contributed by atoms with Crippen LogP contribution in [0.4, 0.5) is 4.39 Å². The van der Waals surface area contributed by atoms with Crippen molar-refractivity contribution in [2.75, 3.05) is 26.3 Å². The molecule has 1 aromatic rings. The quantitative estimate of drug-likeness (QED) is 0.813. The molecule has 1 aliphatic rings. The zero-order chi connectivity index (χ0) is 12.3. The van der Waals surface area contributed by atoms with Crippen molar-refractivity contribution in [2.24, 2.45) is 0 Å². The lowest BCUT2D eigenvalue weighted by Crippen LogP contribution is -2.38. The molecule has 3 nitrogen and oxygen atoms in total. The van der Waals surface area contributed by atoms with Gasteiger partial charge in [0, 0.05) is 13.1 Å². The van der Waals surface area contributed by atoms with Gasteiger partial charge in [0.15, 0.2) is 0 Å². The number of ether oxygens (including phenoxy) is 1. The van der Waals surface area contributed by atoms with Gasteiger partial charge in [-0.2, -0.15) is 5.26 Å². The SMILES string of the molecule is N#CC(c1ccc(Cl)c(F)c1)N1CCOCC1. The average molecular weight is 255 g/mol. The largest absolute Gasteiger partial charge is 0.379 e. The smallest absolute Gasteiger partial charge is 0.142 e. The molecule has 0 N–H and O–H groups in total. The highest BCUT2D eigenvalue weighted by Gasteiger charge is 2.22. The van der Waals surface area contributed by atoms with Crippen molar-refractivity contribution in [3.8, 4) is 6.07 Å². The fourth-order valence-electron chi connectivity index (χ4n) is 1.89. The van der Waals surface area contributed by atoms with Gasteiger partial charge in [-0.15, -0.1) is 0 Å². The standard InChI is InChI=1S/C12H12ClFN2O/c13-10-2-1-9(7-11(10)14)12(8-15)16-3-5-17-6-4-16/h1-2,7,12H,3-6H2. The van der Waals surface area contributed by atoms with Crippen molar-refractivity contribution in [2.45, 2.75) is 6.04 Å². The molecule has 0 bridgehead atoms. The van der Waals surface area contributed by atoms with Gasteiger partial charge >= 0.3 is 0 Å². The number of morpholine rings is 1. The van der Waals surface area contributed by atoms with Crippen molar-refractivity contribution >= 4 is 11.6 Å². The molecular formula is C12H12ClFN2O. The maximum Gasteiger partial charge on any atom is 0.142 e. The Morgan fingerprint density at radius 1 is 1.41 bits per heavy atom. The number of hydrogen-bond donors (Lipinski definition) is 0. The first-order valence-corrected chi connectivity index (χ1v) is 5.76. The minimum atomic E-state index is -0.488. The summed E-state index contributed by atoms with van der Waals surface area (Å²) in [5, 5.41) is 9.28. The number of hydrogen-bond acceptors (Lipinski definition) is 3. The van der Waals surface area contributed by atoms with E-state index < -0.39 is 11.9 Å². The van der Waals surface area contributed by atoms with E-state index in [9.17, 15) is 9.65 Å². The second kappa shape index (κ2) is 5.46. The first-order valence-electron chi connectivity index (χ1n) is 5.38. The summed E-state index contributed by atoms with van der Waals surface area (Å²) >= 11 is 5.62. The van der Waals surface area contributed by atoms with E-state index in [1.165, 1.54) is 12.1 Å². The predicted molar refractivity (Wildman–Crippen MR) is 62.2 cm³/mol. The molecule has 0 aromatic heterocycles. The third-order valence-corrected chi connectivity index (χ3v) is 3.10. The summed E-state index contributed by atoms with van der Waals surface area (Å²) in [6.45, 7) is 2.58. The summed E-state index contributed by atoms with van der Waals surface area (Å²) in [7, 11) is 0. The third-order valence-electron chi connectivity index (χ3n) is 2.79. The van der Waals surface area contributed by atoms with Crippen molar-refractivity contribution in [3.05, 3.63) is 34.6 Å². The molecular weight excluding hydrogens is 243 g/mol. The van der Waals surface area contributed by atoms with Gasteiger partial charge in [0.05, 0.1) is 24.3 Å². The summed E-state index contributed by atoms with van der Waals surface area (Å²) in [6.07, 6.45) is 0. The molecule has 0 saturated carbocycles. The molecule has 0 amide bonds. The van der Waals surface area contributed by atoms with Crippen LogP contribution >= 0.6 is 11.6 Å². The van der Waals surface area contributed by atoms with E-state index in [1.54, 1.807) is 6.07 Å².